The number of hydrogen-bond acceptors (Lipinski definition) is 5. The predicted molar refractivity (Wildman–Crippen MR) is 132 cm³/mol. The number of dihydropyridines is 1. The van der Waals surface area contributed by atoms with Crippen molar-refractivity contribution in [2.24, 2.45) is 10.8 Å². The van der Waals surface area contributed by atoms with Crippen molar-refractivity contribution >= 4 is 27.5 Å². The van der Waals surface area contributed by atoms with Crippen molar-refractivity contribution < 1.29 is 19.1 Å². The molecule has 33 heavy (non-hydrogen) atoms. The van der Waals surface area contributed by atoms with Crippen LogP contribution >= 0.6 is 15.9 Å². The molecule has 3 aliphatic rings. The fraction of sp³-hybridized carbons (Fsp3) is 0.556. The molecule has 0 fully saturated rings. The van der Waals surface area contributed by atoms with E-state index in [1.807, 2.05) is 12.1 Å². The molecule has 0 atom stereocenters. The van der Waals surface area contributed by atoms with E-state index in [2.05, 4.69) is 55.9 Å². The summed E-state index contributed by atoms with van der Waals surface area (Å²) in [6.45, 7) is 11.1. The zero-order chi connectivity index (χ0) is 24.1. The second-order valence-corrected chi connectivity index (χ2v) is 12.0. The van der Waals surface area contributed by atoms with Crippen LogP contribution < -0.4 is 14.8 Å². The number of ether oxygens (including phenoxy) is 2. The van der Waals surface area contributed by atoms with Crippen molar-refractivity contribution in [3.05, 3.63) is 44.7 Å². The van der Waals surface area contributed by atoms with Crippen LogP contribution in [0.3, 0.4) is 0 Å². The Morgan fingerprint density at radius 2 is 1.52 bits per heavy atom. The van der Waals surface area contributed by atoms with Crippen LogP contribution in [0, 0.1) is 10.8 Å². The van der Waals surface area contributed by atoms with Crippen LogP contribution in [0.15, 0.2) is 39.1 Å². The lowest BCUT2D eigenvalue weighted by Gasteiger charge is -2.44. The molecular formula is C27H34BrNO4. The summed E-state index contributed by atoms with van der Waals surface area (Å²) in [4.78, 5) is 27.0. The van der Waals surface area contributed by atoms with Gasteiger partial charge in [0.15, 0.2) is 23.1 Å². The molecule has 0 saturated carbocycles. The Hall–Kier alpha value is -2.08. The van der Waals surface area contributed by atoms with Gasteiger partial charge in [0.05, 0.1) is 18.2 Å². The first-order chi connectivity index (χ1) is 15.5. The highest BCUT2D eigenvalue weighted by Gasteiger charge is 2.46. The van der Waals surface area contributed by atoms with Gasteiger partial charge in [0.1, 0.15) is 0 Å². The van der Waals surface area contributed by atoms with E-state index in [1.165, 1.54) is 0 Å². The van der Waals surface area contributed by atoms with Gasteiger partial charge in [-0.25, -0.2) is 0 Å². The van der Waals surface area contributed by atoms with E-state index in [4.69, 9.17) is 9.47 Å². The zero-order valence-electron chi connectivity index (χ0n) is 20.5. The van der Waals surface area contributed by atoms with Crippen molar-refractivity contribution in [3.63, 3.8) is 0 Å². The summed E-state index contributed by atoms with van der Waals surface area (Å²) in [6, 6.07) is 3.92. The quantitative estimate of drug-likeness (QED) is 0.504. The Bertz CT molecular complexity index is 1030. The summed E-state index contributed by atoms with van der Waals surface area (Å²) in [6.07, 6.45) is 3.40. The largest absolute Gasteiger partial charge is 0.493 e. The fourth-order valence-corrected chi connectivity index (χ4v) is 6.05. The maximum atomic E-state index is 13.5. The summed E-state index contributed by atoms with van der Waals surface area (Å²) < 4.78 is 12.4. The lowest BCUT2D eigenvalue weighted by atomic mass is 9.64. The van der Waals surface area contributed by atoms with Crippen LogP contribution in [-0.4, -0.2) is 25.3 Å². The molecule has 5 nitrogen and oxygen atoms in total. The molecule has 0 radical (unpaired) electrons. The smallest absolute Gasteiger partial charge is 0.175 e. The number of Topliss-reactive ketones (excluding diaryl/α,β-unsaturated/α-hetero) is 2. The lowest BCUT2D eigenvalue weighted by Crippen LogP contribution is -2.42. The number of hydrogen-bond donors (Lipinski definition) is 1. The molecule has 0 amide bonds. The normalized spacial score (nSPS) is 22.0. The van der Waals surface area contributed by atoms with Gasteiger partial charge in [-0.05, 0) is 63.7 Å². The third-order valence-electron chi connectivity index (χ3n) is 6.75. The average Bonchev–Trinajstić information content (AvgIpc) is 2.68. The first-order valence-corrected chi connectivity index (χ1v) is 12.6. The summed E-state index contributed by atoms with van der Waals surface area (Å²) in [7, 11) is 1.62. The van der Waals surface area contributed by atoms with Crippen LogP contribution in [0.2, 0.25) is 0 Å². The Kier molecular flexibility index (Phi) is 6.27. The summed E-state index contributed by atoms with van der Waals surface area (Å²) >= 11 is 3.66. The van der Waals surface area contributed by atoms with Gasteiger partial charge in [-0.1, -0.05) is 34.6 Å². The van der Waals surface area contributed by atoms with Crippen LogP contribution in [0.5, 0.6) is 11.5 Å². The molecule has 0 spiro atoms. The first-order valence-electron chi connectivity index (χ1n) is 11.8. The fourth-order valence-electron chi connectivity index (χ4n) is 5.47. The highest BCUT2D eigenvalue weighted by molar-refractivity contribution is 9.10. The molecule has 4 rings (SSSR count). The van der Waals surface area contributed by atoms with Crippen LogP contribution in [0.4, 0.5) is 0 Å². The number of halogens is 1. The number of benzene rings is 1. The molecule has 1 heterocycles. The SMILES string of the molecule is CCCOc1c(Br)cc(C2C3=C(CC(C)(C)CC3=O)NC3=C2C(=O)CC(C)(C)C3)cc1OC. The minimum atomic E-state index is -0.395. The Morgan fingerprint density at radius 1 is 0.970 bits per heavy atom. The van der Waals surface area contributed by atoms with Gasteiger partial charge in [0.25, 0.3) is 0 Å². The third-order valence-corrected chi connectivity index (χ3v) is 7.34. The molecule has 2 aliphatic carbocycles. The van der Waals surface area contributed by atoms with Gasteiger partial charge in [0, 0.05) is 41.3 Å². The van der Waals surface area contributed by atoms with Crippen molar-refractivity contribution in [3.8, 4) is 11.5 Å². The van der Waals surface area contributed by atoms with E-state index in [0.717, 1.165) is 51.8 Å². The second kappa shape index (κ2) is 8.61. The predicted octanol–water partition coefficient (Wildman–Crippen LogP) is 6.22. The number of carbonyl (C=O) groups excluding carboxylic acids is 2. The molecule has 6 heteroatoms. The third kappa shape index (κ3) is 4.51. The van der Waals surface area contributed by atoms with Crippen LogP contribution in [0.1, 0.15) is 78.2 Å². The summed E-state index contributed by atoms with van der Waals surface area (Å²) in [5.74, 6) is 1.08. The van der Waals surface area contributed by atoms with Crippen molar-refractivity contribution in [2.75, 3.05) is 13.7 Å². The number of ketones is 2. The zero-order valence-corrected chi connectivity index (χ0v) is 22.1. The number of nitrogens with one attached hydrogen (secondary N) is 1. The highest BCUT2D eigenvalue weighted by atomic mass is 79.9. The lowest BCUT2D eigenvalue weighted by molar-refractivity contribution is -0.119. The Morgan fingerprint density at radius 3 is 2.00 bits per heavy atom. The van der Waals surface area contributed by atoms with Gasteiger partial charge >= 0.3 is 0 Å². The van der Waals surface area contributed by atoms with E-state index in [-0.39, 0.29) is 22.4 Å². The Balaban J connectivity index is 1.91. The molecule has 178 valence electrons. The topological polar surface area (TPSA) is 64.6 Å². The van der Waals surface area contributed by atoms with Gasteiger partial charge in [-0.2, -0.15) is 0 Å². The standard InChI is InChI=1S/C27H34BrNO4/c1-7-8-33-25-16(28)9-15(10-21(25)32-6)22-23-17(11-26(2,3)13-19(23)30)29-18-12-27(4,5)14-20(31)24(18)22/h9-10,22,29H,7-8,11-14H2,1-6H3. The molecule has 0 unspecified atom stereocenters. The molecule has 1 aromatic rings. The molecule has 1 N–H and O–H groups in total. The van der Waals surface area contributed by atoms with E-state index < -0.39 is 5.92 Å². The summed E-state index contributed by atoms with van der Waals surface area (Å²) in [5.41, 5.74) is 4.05. The van der Waals surface area contributed by atoms with Crippen molar-refractivity contribution in [1.82, 2.24) is 5.32 Å². The van der Waals surface area contributed by atoms with Crippen molar-refractivity contribution in [2.45, 2.75) is 72.6 Å². The molecule has 0 aromatic heterocycles. The number of allylic oxidation sites excluding steroid dienone is 4. The van der Waals surface area contributed by atoms with Gasteiger partial charge in [0.2, 0.25) is 0 Å². The minimum Gasteiger partial charge on any atom is -0.493 e. The van der Waals surface area contributed by atoms with E-state index >= 15 is 0 Å². The molecular weight excluding hydrogens is 482 g/mol. The van der Waals surface area contributed by atoms with Crippen LogP contribution in [-0.2, 0) is 9.59 Å². The van der Waals surface area contributed by atoms with Crippen LogP contribution in [0.25, 0.3) is 0 Å². The van der Waals surface area contributed by atoms with Gasteiger partial charge in [-0.3, -0.25) is 9.59 Å². The van der Waals surface area contributed by atoms with E-state index in [0.29, 0.717) is 30.9 Å². The second-order valence-electron chi connectivity index (χ2n) is 11.1. The monoisotopic (exact) mass is 515 g/mol. The maximum absolute atomic E-state index is 13.5. The van der Waals surface area contributed by atoms with Gasteiger partial charge < -0.3 is 14.8 Å². The van der Waals surface area contributed by atoms with Crippen molar-refractivity contribution in [1.29, 1.82) is 0 Å². The molecule has 0 bridgehead atoms. The number of carbonyl (C=O) groups is 2. The average molecular weight is 516 g/mol. The Labute approximate surface area is 205 Å². The minimum absolute atomic E-state index is 0.115. The highest BCUT2D eigenvalue weighted by Crippen LogP contribution is 2.52. The number of rotatable bonds is 5. The maximum Gasteiger partial charge on any atom is 0.175 e. The molecule has 0 saturated heterocycles. The first kappa shape index (κ1) is 24.1. The number of methoxy groups -OCH3 is 1. The van der Waals surface area contributed by atoms with E-state index in [9.17, 15) is 9.59 Å². The summed E-state index contributed by atoms with van der Waals surface area (Å²) in [5, 5.41) is 3.56. The van der Waals surface area contributed by atoms with Gasteiger partial charge in [-0.15, -0.1) is 0 Å². The van der Waals surface area contributed by atoms with E-state index in [1.54, 1.807) is 7.11 Å². The molecule has 1 aromatic carbocycles. The molecule has 1 aliphatic heterocycles.